The lowest BCUT2D eigenvalue weighted by atomic mass is 10.2. The molecule has 1 heteroatoms. The third kappa shape index (κ3) is 4.66. The molecule has 0 saturated carbocycles. The van der Waals surface area contributed by atoms with Crippen LogP contribution in [-0.4, -0.2) is 30.7 Å². The van der Waals surface area contributed by atoms with Crippen molar-refractivity contribution in [3.63, 3.8) is 0 Å². The third-order valence-corrected chi connectivity index (χ3v) is 3.31. The summed E-state index contributed by atoms with van der Waals surface area (Å²) in [5, 5.41) is 0. The molecule has 0 saturated heterocycles. The van der Waals surface area contributed by atoms with Crippen LogP contribution in [0.5, 0.6) is 0 Å². The fourth-order valence-corrected chi connectivity index (χ4v) is 1.95. The van der Waals surface area contributed by atoms with Crippen molar-refractivity contribution >= 4 is 0 Å². The van der Waals surface area contributed by atoms with Gasteiger partial charge in [-0.05, 0) is 26.7 Å². The second kappa shape index (κ2) is 7.37. The SMILES string of the molecule is CCCC[N+](CC)(CC)CCCC. The van der Waals surface area contributed by atoms with E-state index in [1.165, 1.54) is 56.3 Å². The summed E-state index contributed by atoms with van der Waals surface area (Å²) in [5.74, 6) is 0. The van der Waals surface area contributed by atoms with E-state index in [4.69, 9.17) is 0 Å². The molecule has 13 heavy (non-hydrogen) atoms. The molecule has 80 valence electrons. The molecule has 0 heterocycles. The van der Waals surface area contributed by atoms with Crippen molar-refractivity contribution in [2.45, 2.75) is 53.4 Å². The topological polar surface area (TPSA) is 0 Å². The molecule has 0 aliphatic heterocycles. The molecule has 0 fully saturated rings. The van der Waals surface area contributed by atoms with Crippen LogP contribution in [0, 0.1) is 0 Å². The third-order valence-electron chi connectivity index (χ3n) is 3.31. The van der Waals surface area contributed by atoms with Gasteiger partial charge in [-0.25, -0.2) is 0 Å². The van der Waals surface area contributed by atoms with E-state index in [0.717, 1.165) is 0 Å². The quantitative estimate of drug-likeness (QED) is 0.509. The van der Waals surface area contributed by atoms with Gasteiger partial charge < -0.3 is 4.48 Å². The average Bonchev–Trinajstić information content (AvgIpc) is 2.20. The Balaban J connectivity index is 3.97. The number of nitrogens with zero attached hydrogens (tertiary/aromatic N) is 1. The van der Waals surface area contributed by atoms with Crippen LogP contribution in [0.25, 0.3) is 0 Å². The fraction of sp³-hybridized carbons (Fsp3) is 1.00. The van der Waals surface area contributed by atoms with E-state index in [2.05, 4.69) is 27.7 Å². The first-order chi connectivity index (χ1) is 6.24. The van der Waals surface area contributed by atoms with Gasteiger partial charge in [0, 0.05) is 0 Å². The Morgan fingerprint density at radius 1 is 0.692 bits per heavy atom. The van der Waals surface area contributed by atoms with Gasteiger partial charge in [0.25, 0.3) is 0 Å². The first kappa shape index (κ1) is 13.0. The summed E-state index contributed by atoms with van der Waals surface area (Å²) in [4.78, 5) is 0. The van der Waals surface area contributed by atoms with Crippen LogP contribution in [0.4, 0.5) is 0 Å². The van der Waals surface area contributed by atoms with Crippen LogP contribution in [-0.2, 0) is 0 Å². The normalized spacial score (nSPS) is 12.0. The number of hydrogen-bond acceptors (Lipinski definition) is 0. The summed E-state index contributed by atoms with van der Waals surface area (Å²) in [6, 6.07) is 0. The Hall–Kier alpha value is -0.0400. The van der Waals surface area contributed by atoms with Crippen molar-refractivity contribution < 1.29 is 4.48 Å². The van der Waals surface area contributed by atoms with Gasteiger partial charge >= 0.3 is 0 Å². The number of unbranched alkanes of at least 4 members (excludes halogenated alkanes) is 2. The van der Waals surface area contributed by atoms with E-state index in [1.54, 1.807) is 0 Å². The smallest absolute Gasteiger partial charge is 0.0786 e. The Morgan fingerprint density at radius 2 is 1.08 bits per heavy atom. The van der Waals surface area contributed by atoms with Gasteiger partial charge in [0.2, 0.25) is 0 Å². The summed E-state index contributed by atoms with van der Waals surface area (Å²) in [6.07, 6.45) is 5.47. The van der Waals surface area contributed by atoms with Gasteiger partial charge in [-0.1, -0.05) is 26.7 Å². The maximum absolute atomic E-state index is 2.34. The summed E-state index contributed by atoms with van der Waals surface area (Å²) in [7, 11) is 0. The Morgan fingerprint density at radius 3 is 1.31 bits per heavy atom. The zero-order valence-electron chi connectivity index (χ0n) is 10.1. The molecule has 0 aliphatic carbocycles. The first-order valence-corrected chi connectivity index (χ1v) is 6.09. The monoisotopic (exact) mass is 186 g/mol. The molecule has 0 atom stereocenters. The van der Waals surface area contributed by atoms with Gasteiger partial charge in [-0.2, -0.15) is 0 Å². The average molecular weight is 186 g/mol. The van der Waals surface area contributed by atoms with Gasteiger partial charge in [0.05, 0.1) is 26.2 Å². The molecule has 0 radical (unpaired) electrons. The predicted octanol–water partition coefficient (Wildman–Crippen LogP) is 3.44. The van der Waals surface area contributed by atoms with Crippen molar-refractivity contribution in [1.82, 2.24) is 0 Å². The van der Waals surface area contributed by atoms with E-state index in [-0.39, 0.29) is 0 Å². The van der Waals surface area contributed by atoms with Crippen molar-refractivity contribution in [3.05, 3.63) is 0 Å². The van der Waals surface area contributed by atoms with E-state index in [1.807, 2.05) is 0 Å². The molecule has 0 rings (SSSR count). The molecular formula is C12H28N+. The molecule has 0 N–H and O–H groups in total. The molecule has 0 amide bonds. The minimum Gasteiger partial charge on any atom is -0.324 e. The lowest BCUT2D eigenvalue weighted by Crippen LogP contribution is -2.49. The highest BCUT2D eigenvalue weighted by Gasteiger charge is 2.20. The Labute approximate surface area is 84.7 Å². The van der Waals surface area contributed by atoms with Crippen molar-refractivity contribution in [1.29, 1.82) is 0 Å². The maximum atomic E-state index is 2.34. The zero-order chi connectivity index (χ0) is 10.2. The number of hydrogen-bond donors (Lipinski definition) is 0. The molecule has 0 aromatic carbocycles. The summed E-state index contributed by atoms with van der Waals surface area (Å²) in [5.41, 5.74) is 0. The predicted molar refractivity (Wildman–Crippen MR) is 60.9 cm³/mol. The summed E-state index contributed by atoms with van der Waals surface area (Å²) >= 11 is 0. The van der Waals surface area contributed by atoms with E-state index >= 15 is 0 Å². The standard InChI is InChI=1S/C12H28N/c1-5-9-11-13(7-3,8-4)12-10-6-2/h5-12H2,1-4H3/q+1. The lowest BCUT2D eigenvalue weighted by Gasteiger charge is -2.37. The largest absolute Gasteiger partial charge is 0.324 e. The van der Waals surface area contributed by atoms with Crippen LogP contribution in [0.1, 0.15) is 53.4 Å². The van der Waals surface area contributed by atoms with Crippen LogP contribution < -0.4 is 0 Å². The summed E-state index contributed by atoms with van der Waals surface area (Å²) < 4.78 is 1.35. The fourth-order valence-electron chi connectivity index (χ4n) is 1.95. The molecule has 0 aromatic rings. The molecule has 0 aliphatic rings. The van der Waals surface area contributed by atoms with Gasteiger partial charge in [0.1, 0.15) is 0 Å². The van der Waals surface area contributed by atoms with E-state index in [0.29, 0.717) is 0 Å². The van der Waals surface area contributed by atoms with Crippen molar-refractivity contribution in [2.75, 3.05) is 26.2 Å². The summed E-state index contributed by atoms with van der Waals surface area (Å²) in [6.45, 7) is 14.7. The van der Waals surface area contributed by atoms with Gasteiger partial charge in [-0.3, -0.25) is 0 Å². The first-order valence-electron chi connectivity index (χ1n) is 6.09. The highest BCUT2D eigenvalue weighted by atomic mass is 15.3. The number of rotatable bonds is 8. The van der Waals surface area contributed by atoms with Crippen LogP contribution in [0.2, 0.25) is 0 Å². The maximum Gasteiger partial charge on any atom is 0.0786 e. The Bertz CT molecular complexity index is 95.7. The van der Waals surface area contributed by atoms with E-state index < -0.39 is 0 Å². The minimum absolute atomic E-state index is 1.32. The van der Waals surface area contributed by atoms with Gasteiger partial charge in [-0.15, -0.1) is 0 Å². The molecule has 0 aromatic heterocycles. The van der Waals surface area contributed by atoms with Gasteiger partial charge in [0.15, 0.2) is 0 Å². The molecular weight excluding hydrogens is 158 g/mol. The highest BCUT2D eigenvalue weighted by Crippen LogP contribution is 2.11. The Kier molecular flexibility index (Phi) is 7.35. The van der Waals surface area contributed by atoms with Crippen LogP contribution >= 0.6 is 0 Å². The molecule has 0 unspecified atom stereocenters. The van der Waals surface area contributed by atoms with E-state index in [9.17, 15) is 0 Å². The van der Waals surface area contributed by atoms with Crippen molar-refractivity contribution in [2.24, 2.45) is 0 Å². The van der Waals surface area contributed by atoms with Crippen molar-refractivity contribution in [3.8, 4) is 0 Å². The minimum atomic E-state index is 1.32. The lowest BCUT2D eigenvalue weighted by molar-refractivity contribution is -0.925. The second-order valence-electron chi connectivity index (χ2n) is 4.13. The van der Waals surface area contributed by atoms with Crippen LogP contribution in [0.15, 0.2) is 0 Å². The van der Waals surface area contributed by atoms with Crippen LogP contribution in [0.3, 0.4) is 0 Å². The highest BCUT2D eigenvalue weighted by molar-refractivity contribution is 4.43. The molecule has 0 spiro atoms. The number of quaternary nitrogens is 1. The molecule has 0 bridgehead atoms. The molecule has 1 nitrogen and oxygen atoms in total. The zero-order valence-corrected chi connectivity index (χ0v) is 10.1. The second-order valence-corrected chi connectivity index (χ2v) is 4.13.